The molecule has 1 aliphatic carbocycles. The average molecular weight is 483 g/mol. The van der Waals surface area contributed by atoms with Crippen molar-refractivity contribution in [3.63, 3.8) is 0 Å². The number of rotatable bonds is 7. The predicted molar refractivity (Wildman–Crippen MR) is 122 cm³/mol. The molecular formula is C22H27ClN2O4S2. The summed E-state index contributed by atoms with van der Waals surface area (Å²) in [5.74, 6) is 0.933. The lowest BCUT2D eigenvalue weighted by atomic mass is 10.1. The summed E-state index contributed by atoms with van der Waals surface area (Å²) in [4.78, 5) is 14.4. The number of carbonyl (C=O) groups is 1. The molecule has 4 rings (SSSR count). The number of benzene rings is 1. The lowest BCUT2D eigenvalue weighted by molar-refractivity contribution is -0.132. The molecule has 0 bridgehead atoms. The number of amides is 1. The summed E-state index contributed by atoms with van der Waals surface area (Å²) in [7, 11) is -3.54. The minimum Gasteiger partial charge on any atom is -0.490 e. The van der Waals surface area contributed by atoms with E-state index in [1.165, 1.54) is 23.2 Å². The van der Waals surface area contributed by atoms with Crippen LogP contribution in [0.4, 0.5) is 0 Å². The molecular weight excluding hydrogens is 456 g/mol. The fourth-order valence-corrected chi connectivity index (χ4v) is 7.18. The Labute approximate surface area is 192 Å². The highest BCUT2D eigenvalue weighted by atomic mass is 35.5. The first-order valence-corrected chi connectivity index (χ1v) is 13.3. The second kappa shape index (κ2) is 9.90. The number of sulfonamides is 1. The van der Waals surface area contributed by atoms with Gasteiger partial charge in [-0.1, -0.05) is 23.7 Å². The third-order valence-corrected chi connectivity index (χ3v) is 9.46. The molecule has 2 aromatic rings. The number of hydrogen-bond donors (Lipinski definition) is 0. The van der Waals surface area contributed by atoms with E-state index in [0.717, 1.165) is 35.5 Å². The van der Waals surface area contributed by atoms with Crippen LogP contribution in [0.1, 0.15) is 37.7 Å². The maximum atomic E-state index is 12.7. The maximum absolute atomic E-state index is 12.7. The van der Waals surface area contributed by atoms with Gasteiger partial charge in [0.15, 0.2) is 0 Å². The Morgan fingerprint density at radius 2 is 1.84 bits per heavy atom. The van der Waals surface area contributed by atoms with Crippen molar-refractivity contribution in [3.05, 3.63) is 46.3 Å². The number of thiophene rings is 1. The molecule has 0 unspecified atom stereocenters. The molecule has 1 aromatic heterocycles. The van der Waals surface area contributed by atoms with Gasteiger partial charge in [-0.2, -0.15) is 4.31 Å². The van der Waals surface area contributed by atoms with E-state index in [2.05, 4.69) is 0 Å². The minimum absolute atomic E-state index is 0.0540. The molecule has 2 aliphatic rings. The molecule has 31 heavy (non-hydrogen) atoms. The van der Waals surface area contributed by atoms with Crippen LogP contribution in [0, 0.1) is 0 Å². The fraction of sp³-hybridized carbons (Fsp3) is 0.500. The van der Waals surface area contributed by atoms with Crippen molar-refractivity contribution in [2.45, 2.75) is 48.8 Å². The molecule has 1 saturated heterocycles. The van der Waals surface area contributed by atoms with Gasteiger partial charge in [0.1, 0.15) is 9.96 Å². The van der Waals surface area contributed by atoms with Crippen LogP contribution in [-0.2, 0) is 21.2 Å². The van der Waals surface area contributed by atoms with Crippen LogP contribution in [0.2, 0.25) is 4.34 Å². The van der Waals surface area contributed by atoms with Crippen LogP contribution >= 0.6 is 22.9 Å². The molecule has 168 valence electrons. The van der Waals surface area contributed by atoms with Gasteiger partial charge in [0, 0.05) is 32.6 Å². The third kappa shape index (κ3) is 5.61. The summed E-state index contributed by atoms with van der Waals surface area (Å²) >= 11 is 6.94. The van der Waals surface area contributed by atoms with Crippen molar-refractivity contribution in [3.8, 4) is 5.75 Å². The Hall–Kier alpha value is -1.61. The number of nitrogens with zero attached hydrogens (tertiary/aromatic N) is 2. The lowest BCUT2D eigenvalue weighted by Gasteiger charge is -2.33. The van der Waals surface area contributed by atoms with Gasteiger partial charge in [-0.05, 0) is 61.9 Å². The Bertz CT molecular complexity index is 1010. The summed E-state index contributed by atoms with van der Waals surface area (Å²) in [6, 6.07) is 11.1. The van der Waals surface area contributed by atoms with Crippen molar-refractivity contribution in [2.75, 3.05) is 26.2 Å². The second-order valence-corrected chi connectivity index (χ2v) is 11.9. The quantitative estimate of drug-likeness (QED) is 0.593. The molecule has 2 heterocycles. The molecule has 0 radical (unpaired) electrons. The normalized spacial score (nSPS) is 18.4. The van der Waals surface area contributed by atoms with E-state index in [4.69, 9.17) is 16.3 Å². The van der Waals surface area contributed by atoms with Crippen molar-refractivity contribution in [1.29, 1.82) is 0 Å². The standard InChI is InChI=1S/C22H27ClN2O4S2/c23-20-9-11-22(30-20)31(27,28)25-14-12-24(13-15-25)21(26)10-8-17-4-3-7-19(16-17)29-18-5-1-2-6-18/h3-4,7,9,11,16,18H,1-2,5-6,8,10,12-15H2. The first kappa shape index (κ1) is 22.6. The molecule has 1 saturated carbocycles. The summed E-state index contributed by atoms with van der Waals surface area (Å²) in [6.07, 6.45) is 6.05. The first-order valence-electron chi connectivity index (χ1n) is 10.7. The van der Waals surface area contributed by atoms with E-state index in [1.807, 2.05) is 24.3 Å². The van der Waals surface area contributed by atoms with Crippen LogP contribution in [0.5, 0.6) is 5.75 Å². The third-order valence-electron chi connectivity index (χ3n) is 5.86. The van der Waals surface area contributed by atoms with Gasteiger partial charge in [-0.15, -0.1) is 11.3 Å². The Morgan fingerprint density at radius 1 is 1.10 bits per heavy atom. The van der Waals surface area contributed by atoms with Crippen molar-refractivity contribution in [2.24, 2.45) is 0 Å². The first-order chi connectivity index (χ1) is 14.9. The topological polar surface area (TPSA) is 66.9 Å². The Kier molecular flexibility index (Phi) is 7.21. The number of carbonyl (C=O) groups excluding carboxylic acids is 1. The fourth-order valence-electron chi connectivity index (χ4n) is 4.12. The van der Waals surface area contributed by atoms with Crippen LogP contribution < -0.4 is 4.74 Å². The molecule has 1 aliphatic heterocycles. The number of ether oxygens (including phenoxy) is 1. The number of halogens is 1. The van der Waals surface area contributed by atoms with Gasteiger partial charge >= 0.3 is 0 Å². The van der Waals surface area contributed by atoms with Crippen molar-refractivity contribution in [1.82, 2.24) is 9.21 Å². The zero-order valence-corrected chi connectivity index (χ0v) is 19.7. The zero-order chi connectivity index (χ0) is 21.8. The van der Waals surface area contributed by atoms with Crippen LogP contribution in [-0.4, -0.2) is 55.8 Å². The maximum Gasteiger partial charge on any atom is 0.252 e. The predicted octanol–water partition coefficient (Wildman–Crippen LogP) is 4.19. The molecule has 6 nitrogen and oxygen atoms in total. The lowest BCUT2D eigenvalue weighted by Crippen LogP contribution is -2.50. The summed E-state index contributed by atoms with van der Waals surface area (Å²) in [5, 5.41) is 0. The van der Waals surface area contributed by atoms with Gasteiger partial charge in [0.2, 0.25) is 5.91 Å². The Morgan fingerprint density at radius 3 is 2.52 bits per heavy atom. The zero-order valence-electron chi connectivity index (χ0n) is 17.3. The van der Waals surface area contributed by atoms with Gasteiger partial charge in [0.25, 0.3) is 10.0 Å². The van der Waals surface area contributed by atoms with Gasteiger partial charge < -0.3 is 9.64 Å². The molecule has 0 N–H and O–H groups in total. The molecule has 0 spiro atoms. The number of aryl methyl sites for hydroxylation is 1. The van der Waals surface area contributed by atoms with Crippen molar-refractivity contribution < 1.29 is 17.9 Å². The van der Waals surface area contributed by atoms with E-state index >= 15 is 0 Å². The van der Waals surface area contributed by atoms with E-state index < -0.39 is 10.0 Å². The molecule has 1 amide bonds. The van der Waals surface area contributed by atoms with Gasteiger partial charge in [-0.3, -0.25) is 4.79 Å². The second-order valence-electron chi connectivity index (χ2n) is 8.02. The highest BCUT2D eigenvalue weighted by molar-refractivity contribution is 7.91. The number of hydrogen-bond acceptors (Lipinski definition) is 5. The van der Waals surface area contributed by atoms with Gasteiger partial charge in [-0.25, -0.2) is 8.42 Å². The minimum atomic E-state index is -3.54. The molecule has 1 aromatic carbocycles. The highest BCUT2D eigenvalue weighted by Gasteiger charge is 2.31. The van der Waals surface area contributed by atoms with E-state index in [0.29, 0.717) is 49.5 Å². The van der Waals surface area contributed by atoms with Crippen LogP contribution in [0.3, 0.4) is 0 Å². The smallest absolute Gasteiger partial charge is 0.252 e. The SMILES string of the molecule is O=C(CCc1cccc(OC2CCCC2)c1)N1CCN(S(=O)(=O)c2ccc(Cl)s2)CC1. The molecule has 9 heteroatoms. The van der Waals surface area contributed by atoms with Crippen molar-refractivity contribution >= 4 is 38.9 Å². The van der Waals surface area contributed by atoms with Crippen LogP contribution in [0.15, 0.2) is 40.6 Å². The number of piperazine rings is 1. The molecule has 2 fully saturated rings. The monoisotopic (exact) mass is 482 g/mol. The average Bonchev–Trinajstić information content (AvgIpc) is 3.44. The molecule has 0 atom stereocenters. The summed E-state index contributed by atoms with van der Waals surface area (Å²) in [6.45, 7) is 1.41. The van der Waals surface area contributed by atoms with Gasteiger partial charge in [0.05, 0.1) is 10.4 Å². The van der Waals surface area contributed by atoms with E-state index in [1.54, 1.807) is 11.0 Å². The van der Waals surface area contributed by atoms with Crippen LogP contribution in [0.25, 0.3) is 0 Å². The summed E-state index contributed by atoms with van der Waals surface area (Å²) in [5.41, 5.74) is 1.08. The summed E-state index contributed by atoms with van der Waals surface area (Å²) < 4.78 is 33.6. The van der Waals surface area contributed by atoms with E-state index in [9.17, 15) is 13.2 Å². The largest absolute Gasteiger partial charge is 0.490 e. The van der Waals surface area contributed by atoms with E-state index in [-0.39, 0.29) is 10.1 Å². The Balaban J connectivity index is 1.27. The highest BCUT2D eigenvalue weighted by Crippen LogP contribution is 2.29.